The Morgan fingerprint density at radius 2 is 2.33 bits per heavy atom. The van der Waals surface area contributed by atoms with Crippen LogP contribution < -0.4 is 10.2 Å². The van der Waals surface area contributed by atoms with Crippen LogP contribution in [0.4, 0.5) is 5.82 Å². The minimum absolute atomic E-state index is 0.259. The van der Waals surface area contributed by atoms with Gasteiger partial charge in [-0.1, -0.05) is 6.92 Å². The van der Waals surface area contributed by atoms with Crippen LogP contribution >= 0.6 is 0 Å². The highest BCUT2D eigenvalue weighted by molar-refractivity contribution is 5.37. The summed E-state index contributed by atoms with van der Waals surface area (Å²) in [4.78, 5) is 11.1. The van der Waals surface area contributed by atoms with Crippen LogP contribution in [0.1, 0.15) is 26.0 Å². The molecule has 18 heavy (non-hydrogen) atoms. The Hall–Kier alpha value is -1.20. The molecule has 1 aliphatic rings. The summed E-state index contributed by atoms with van der Waals surface area (Å²) < 4.78 is 5.60. The lowest BCUT2D eigenvalue weighted by molar-refractivity contribution is 0.118. The van der Waals surface area contributed by atoms with Crippen molar-refractivity contribution in [3.63, 3.8) is 0 Å². The number of anilines is 1. The van der Waals surface area contributed by atoms with Gasteiger partial charge < -0.3 is 15.0 Å². The predicted octanol–water partition coefficient (Wildman–Crippen LogP) is 1.20. The van der Waals surface area contributed by atoms with E-state index in [0.29, 0.717) is 6.04 Å². The lowest BCUT2D eigenvalue weighted by Gasteiger charge is -2.27. The maximum atomic E-state index is 5.60. The second-order valence-electron chi connectivity index (χ2n) is 4.69. The van der Waals surface area contributed by atoms with E-state index in [1.807, 2.05) is 12.4 Å². The third kappa shape index (κ3) is 2.97. The lowest BCUT2D eigenvalue weighted by atomic mass is 10.1. The Balaban J connectivity index is 2.07. The smallest absolute Gasteiger partial charge is 0.147 e. The first-order valence-corrected chi connectivity index (χ1v) is 6.58. The van der Waals surface area contributed by atoms with Crippen LogP contribution in [0, 0.1) is 0 Å². The van der Waals surface area contributed by atoms with Gasteiger partial charge in [-0.15, -0.1) is 0 Å². The summed E-state index contributed by atoms with van der Waals surface area (Å²) >= 11 is 0. The molecule has 5 heteroatoms. The topological polar surface area (TPSA) is 50.3 Å². The largest absolute Gasteiger partial charge is 0.376 e. The van der Waals surface area contributed by atoms with Crippen molar-refractivity contribution in [1.29, 1.82) is 0 Å². The summed E-state index contributed by atoms with van der Waals surface area (Å²) in [6, 6.07) is 0.397. The molecule has 5 nitrogen and oxygen atoms in total. The van der Waals surface area contributed by atoms with Crippen LogP contribution in [-0.2, 0) is 11.3 Å². The standard InChI is InChI=1S/C13H22N4O/c1-4-14-7-11-8-15-9-13(16-11)17(3)12-5-6-18-10(12)2/h8-10,12,14H,4-7H2,1-3H3. The van der Waals surface area contributed by atoms with Gasteiger partial charge in [0, 0.05) is 26.4 Å². The number of hydrogen-bond donors (Lipinski definition) is 1. The minimum Gasteiger partial charge on any atom is -0.376 e. The molecule has 0 radical (unpaired) electrons. The van der Waals surface area contributed by atoms with Gasteiger partial charge >= 0.3 is 0 Å². The van der Waals surface area contributed by atoms with E-state index in [-0.39, 0.29) is 6.10 Å². The number of hydrogen-bond acceptors (Lipinski definition) is 5. The zero-order valence-corrected chi connectivity index (χ0v) is 11.4. The molecular weight excluding hydrogens is 228 g/mol. The van der Waals surface area contributed by atoms with Crippen LogP contribution in [0.15, 0.2) is 12.4 Å². The molecule has 1 N–H and O–H groups in total. The fourth-order valence-corrected chi connectivity index (χ4v) is 2.30. The quantitative estimate of drug-likeness (QED) is 0.851. The number of rotatable bonds is 5. The predicted molar refractivity (Wildman–Crippen MR) is 71.6 cm³/mol. The molecular formula is C13H22N4O. The van der Waals surface area contributed by atoms with Crippen molar-refractivity contribution < 1.29 is 4.74 Å². The zero-order chi connectivity index (χ0) is 13.0. The summed E-state index contributed by atoms with van der Waals surface area (Å²) in [7, 11) is 2.07. The molecule has 0 saturated carbocycles. The molecule has 2 atom stereocenters. The van der Waals surface area contributed by atoms with Crippen molar-refractivity contribution in [3.05, 3.63) is 18.1 Å². The third-order valence-corrected chi connectivity index (χ3v) is 3.42. The Morgan fingerprint density at radius 1 is 1.50 bits per heavy atom. The van der Waals surface area contributed by atoms with E-state index in [0.717, 1.165) is 37.6 Å². The molecule has 100 valence electrons. The number of likely N-dealkylation sites (N-methyl/N-ethyl adjacent to an activating group) is 1. The van der Waals surface area contributed by atoms with E-state index in [1.54, 1.807) is 0 Å². The van der Waals surface area contributed by atoms with E-state index in [2.05, 4.69) is 41.1 Å². The summed E-state index contributed by atoms with van der Waals surface area (Å²) in [5.74, 6) is 0.924. The van der Waals surface area contributed by atoms with Gasteiger partial charge in [0.2, 0.25) is 0 Å². The zero-order valence-electron chi connectivity index (χ0n) is 11.4. The molecule has 0 bridgehead atoms. The highest BCUT2D eigenvalue weighted by atomic mass is 16.5. The van der Waals surface area contributed by atoms with Gasteiger partial charge in [0.15, 0.2) is 0 Å². The maximum Gasteiger partial charge on any atom is 0.147 e. The molecule has 0 aromatic carbocycles. The molecule has 0 amide bonds. The van der Waals surface area contributed by atoms with Gasteiger partial charge in [-0.25, -0.2) is 4.98 Å². The molecule has 2 rings (SSSR count). The maximum absolute atomic E-state index is 5.60. The van der Waals surface area contributed by atoms with Gasteiger partial charge in [0.25, 0.3) is 0 Å². The van der Waals surface area contributed by atoms with Gasteiger partial charge in [-0.05, 0) is 19.9 Å². The van der Waals surface area contributed by atoms with Crippen molar-refractivity contribution >= 4 is 5.82 Å². The molecule has 1 fully saturated rings. The number of aromatic nitrogens is 2. The van der Waals surface area contributed by atoms with E-state index >= 15 is 0 Å². The number of ether oxygens (including phenoxy) is 1. The van der Waals surface area contributed by atoms with Crippen molar-refractivity contribution in [2.45, 2.75) is 39.0 Å². The first-order chi connectivity index (χ1) is 8.72. The number of nitrogens with zero attached hydrogens (tertiary/aromatic N) is 3. The highest BCUT2D eigenvalue weighted by Gasteiger charge is 2.28. The van der Waals surface area contributed by atoms with Crippen LogP contribution in [0.2, 0.25) is 0 Å². The second kappa shape index (κ2) is 6.11. The Labute approximate surface area is 109 Å². The summed E-state index contributed by atoms with van der Waals surface area (Å²) in [5, 5.41) is 3.26. The molecule has 2 heterocycles. The van der Waals surface area contributed by atoms with Gasteiger partial charge in [-0.2, -0.15) is 0 Å². The van der Waals surface area contributed by atoms with Gasteiger partial charge in [0.1, 0.15) is 5.82 Å². The second-order valence-corrected chi connectivity index (χ2v) is 4.69. The third-order valence-electron chi connectivity index (χ3n) is 3.42. The summed E-state index contributed by atoms with van der Waals surface area (Å²) in [6.45, 7) is 6.74. The highest BCUT2D eigenvalue weighted by Crippen LogP contribution is 2.22. The average Bonchev–Trinajstić information content (AvgIpc) is 2.82. The molecule has 0 spiro atoms. The number of nitrogens with one attached hydrogen (secondary N) is 1. The Morgan fingerprint density at radius 3 is 3.00 bits per heavy atom. The first-order valence-electron chi connectivity index (χ1n) is 6.58. The first kappa shape index (κ1) is 13.2. The monoisotopic (exact) mass is 250 g/mol. The lowest BCUT2D eigenvalue weighted by Crippen LogP contribution is -2.37. The average molecular weight is 250 g/mol. The van der Waals surface area contributed by atoms with Crippen LogP contribution in [0.25, 0.3) is 0 Å². The van der Waals surface area contributed by atoms with Crippen LogP contribution in [0.3, 0.4) is 0 Å². The SMILES string of the molecule is CCNCc1cncc(N(C)C2CCOC2C)n1. The molecule has 1 aliphatic heterocycles. The fraction of sp³-hybridized carbons (Fsp3) is 0.692. The van der Waals surface area contributed by atoms with Crippen molar-refractivity contribution in [1.82, 2.24) is 15.3 Å². The van der Waals surface area contributed by atoms with E-state index in [9.17, 15) is 0 Å². The molecule has 1 aromatic heterocycles. The van der Waals surface area contributed by atoms with Crippen LogP contribution in [0.5, 0.6) is 0 Å². The molecule has 1 aromatic rings. The van der Waals surface area contributed by atoms with E-state index < -0.39 is 0 Å². The van der Waals surface area contributed by atoms with E-state index in [4.69, 9.17) is 4.74 Å². The van der Waals surface area contributed by atoms with Gasteiger partial charge in [0.05, 0.1) is 24.0 Å². The van der Waals surface area contributed by atoms with Crippen molar-refractivity contribution in [2.75, 3.05) is 25.1 Å². The summed E-state index contributed by atoms with van der Waals surface area (Å²) in [6.07, 6.45) is 4.94. The van der Waals surface area contributed by atoms with Crippen LogP contribution in [-0.4, -0.2) is 42.3 Å². The van der Waals surface area contributed by atoms with E-state index in [1.165, 1.54) is 0 Å². The molecule has 1 saturated heterocycles. The fourth-order valence-electron chi connectivity index (χ4n) is 2.30. The normalized spacial score (nSPS) is 23.3. The molecule has 0 aliphatic carbocycles. The van der Waals surface area contributed by atoms with Crippen molar-refractivity contribution in [2.24, 2.45) is 0 Å². The Bertz CT molecular complexity index is 385. The van der Waals surface area contributed by atoms with Crippen molar-refractivity contribution in [3.8, 4) is 0 Å². The Kier molecular flexibility index (Phi) is 4.49. The van der Waals surface area contributed by atoms with Gasteiger partial charge in [-0.3, -0.25) is 4.98 Å². The molecule has 2 unspecified atom stereocenters. The minimum atomic E-state index is 0.259. The summed E-state index contributed by atoms with van der Waals surface area (Å²) in [5.41, 5.74) is 0.979.